The molecule has 2 N–H and O–H groups in total. The summed E-state index contributed by atoms with van der Waals surface area (Å²) in [5.74, 6) is 0.570. The van der Waals surface area contributed by atoms with Crippen LogP contribution in [-0.4, -0.2) is 41.8 Å². The number of nitrogens with zero attached hydrogens (tertiary/aromatic N) is 1. The number of carbonyl (C=O) groups is 1. The first-order chi connectivity index (χ1) is 10.6. The molecule has 0 aromatic heterocycles. The number of carbonyl (C=O) groups excluding carboxylic acids is 1. The van der Waals surface area contributed by atoms with Gasteiger partial charge in [-0.15, -0.1) is 0 Å². The average molecular weight is 322 g/mol. The van der Waals surface area contributed by atoms with Crippen LogP contribution in [0, 0.1) is 5.92 Å². The molecule has 0 aliphatic carbocycles. The van der Waals surface area contributed by atoms with E-state index in [0.717, 1.165) is 12.1 Å². The van der Waals surface area contributed by atoms with Crippen LogP contribution in [0.15, 0.2) is 24.3 Å². The largest absolute Gasteiger partial charge is 0.508 e. The number of phenols is 1. The molecule has 0 heterocycles. The second kappa shape index (κ2) is 8.20. The number of aromatic hydroxyl groups is 1. The van der Waals surface area contributed by atoms with Crippen molar-refractivity contribution in [3.05, 3.63) is 29.8 Å². The van der Waals surface area contributed by atoms with E-state index in [2.05, 4.69) is 19.2 Å². The summed E-state index contributed by atoms with van der Waals surface area (Å²) in [6.45, 7) is 11.2. The van der Waals surface area contributed by atoms with Crippen molar-refractivity contribution in [2.24, 2.45) is 5.92 Å². The number of benzene rings is 1. The Hall–Kier alpha value is -1.75. The molecule has 0 fully saturated rings. The molecule has 0 aliphatic heterocycles. The van der Waals surface area contributed by atoms with Crippen LogP contribution in [0.1, 0.15) is 46.2 Å². The maximum absolute atomic E-state index is 11.9. The molecule has 130 valence electrons. The van der Waals surface area contributed by atoms with Gasteiger partial charge in [-0.2, -0.15) is 0 Å². The first-order valence-electron chi connectivity index (χ1n) is 8.05. The van der Waals surface area contributed by atoms with Crippen molar-refractivity contribution < 1.29 is 14.6 Å². The second-order valence-electron chi connectivity index (χ2n) is 7.19. The molecule has 1 aromatic rings. The molecule has 0 saturated heterocycles. The van der Waals surface area contributed by atoms with Crippen molar-refractivity contribution >= 4 is 6.09 Å². The summed E-state index contributed by atoms with van der Waals surface area (Å²) in [4.78, 5) is 13.6. The molecule has 0 radical (unpaired) electrons. The normalized spacial score (nSPS) is 14.2. The fourth-order valence-corrected chi connectivity index (χ4v) is 2.21. The maximum Gasteiger partial charge on any atom is 0.410 e. The van der Waals surface area contributed by atoms with E-state index in [4.69, 9.17) is 4.74 Å². The van der Waals surface area contributed by atoms with Crippen LogP contribution in [0.5, 0.6) is 5.75 Å². The standard InChI is InChI=1S/C18H30N2O3/c1-13(12-20(6)17(22)23-18(3,4)5)11-19-14(2)15-7-9-16(21)10-8-15/h7-10,13-14,19,21H,11-12H2,1-6H3. The van der Waals surface area contributed by atoms with Gasteiger partial charge in [0.1, 0.15) is 11.4 Å². The third-order valence-electron chi connectivity index (χ3n) is 3.46. The van der Waals surface area contributed by atoms with Crippen LogP contribution in [-0.2, 0) is 4.74 Å². The molecule has 2 atom stereocenters. The summed E-state index contributed by atoms with van der Waals surface area (Å²) in [7, 11) is 1.76. The van der Waals surface area contributed by atoms with Gasteiger partial charge >= 0.3 is 6.09 Å². The zero-order valence-corrected chi connectivity index (χ0v) is 15.1. The van der Waals surface area contributed by atoms with E-state index in [-0.39, 0.29) is 17.9 Å². The molecule has 23 heavy (non-hydrogen) atoms. The Morgan fingerprint density at radius 1 is 1.26 bits per heavy atom. The van der Waals surface area contributed by atoms with Crippen molar-refractivity contribution in [1.82, 2.24) is 10.2 Å². The van der Waals surface area contributed by atoms with E-state index in [9.17, 15) is 9.90 Å². The molecule has 1 amide bonds. The summed E-state index contributed by atoms with van der Waals surface area (Å²) in [6, 6.07) is 7.37. The van der Waals surface area contributed by atoms with Gasteiger partial charge in [0, 0.05) is 19.6 Å². The van der Waals surface area contributed by atoms with E-state index >= 15 is 0 Å². The summed E-state index contributed by atoms with van der Waals surface area (Å²) >= 11 is 0. The van der Waals surface area contributed by atoms with Gasteiger partial charge in [0.05, 0.1) is 0 Å². The number of nitrogens with one attached hydrogen (secondary N) is 1. The molecule has 0 saturated carbocycles. The topological polar surface area (TPSA) is 61.8 Å². The Bertz CT molecular complexity index is 494. The predicted molar refractivity (Wildman–Crippen MR) is 92.6 cm³/mol. The van der Waals surface area contributed by atoms with E-state index in [1.807, 2.05) is 32.9 Å². The highest BCUT2D eigenvalue weighted by Gasteiger charge is 2.20. The molecule has 2 unspecified atom stereocenters. The Kier molecular flexibility index (Phi) is 6.88. The van der Waals surface area contributed by atoms with E-state index in [1.54, 1.807) is 24.1 Å². The van der Waals surface area contributed by atoms with Gasteiger partial charge in [-0.3, -0.25) is 0 Å². The zero-order chi connectivity index (χ0) is 17.6. The van der Waals surface area contributed by atoms with Gasteiger partial charge in [-0.1, -0.05) is 19.1 Å². The molecule has 1 rings (SSSR count). The molecular formula is C18H30N2O3. The Labute approximate surface area is 139 Å². The minimum atomic E-state index is -0.472. The molecule has 0 bridgehead atoms. The fourth-order valence-electron chi connectivity index (χ4n) is 2.21. The van der Waals surface area contributed by atoms with E-state index in [1.165, 1.54) is 0 Å². The lowest BCUT2D eigenvalue weighted by molar-refractivity contribution is 0.0276. The number of ether oxygens (including phenoxy) is 1. The first kappa shape index (κ1) is 19.3. The Morgan fingerprint density at radius 3 is 2.35 bits per heavy atom. The Morgan fingerprint density at radius 2 is 1.83 bits per heavy atom. The molecular weight excluding hydrogens is 292 g/mol. The highest BCUT2D eigenvalue weighted by Crippen LogP contribution is 2.16. The minimum Gasteiger partial charge on any atom is -0.508 e. The van der Waals surface area contributed by atoms with Crippen LogP contribution in [0.4, 0.5) is 4.79 Å². The van der Waals surface area contributed by atoms with Crippen LogP contribution < -0.4 is 5.32 Å². The average Bonchev–Trinajstić information content (AvgIpc) is 2.43. The van der Waals surface area contributed by atoms with Gasteiger partial charge in [-0.25, -0.2) is 4.79 Å². The summed E-state index contributed by atoms with van der Waals surface area (Å²) in [6.07, 6.45) is -0.295. The van der Waals surface area contributed by atoms with E-state index in [0.29, 0.717) is 12.5 Å². The highest BCUT2D eigenvalue weighted by molar-refractivity contribution is 5.67. The lowest BCUT2D eigenvalue weighted by Gasteiger charge is -2.27. The number of hydrogen-bond acceptors (Lipinski definition) is 4. The smallest absolute Gasteiger partial charge is 0.410 e. The minimum absolute atomic E-state index is 0.185. The highest BCUT2D eigenvalue weighted by atomic mass is 16.6. The van der Waals surface area contributed by atoms with Crippen LogP contribution >= 0.6 is 0 Å². The molecule has 1 aromatic carbocycles. The van der Waals surface area contributed by atoms with Crippen LogP contribution in [0.2, 0.25) is 0 Å². The SMILES string of the molecule is CC(CNC(C)c1ccc(O)cc1)CN(C)C(=O)OC(C)(C)C. The van der Waals surface area contributed by atoms with Crippen LogP contribution in [0.25, 0.3) is 0 Å². The van der Waals surface area contributed by atoms with Crippen molar-refractivity contribution in [3.63, 3.8) is 0 Å². The number of phenolic OH excluding ortho intramolecular Hbond substituents is 1. The van der Waals surface area contributed by atoms with Gasteiger partial charge in [0.15, 0.2) is 0 Å². The summed E-state index contributed by atoms with van der Waals surface area (Å²) in [5.41, 5.74) is 0.649. The third kappa shape index (κ3) is 7.37. The Balaban J connectivity index is 2.40. The van der Waals surface area contributed by atoms with Gasteiger partial charge in [-0.05, 0) is 57.9 Å². The van der Waals surface area contributed by atoms with Crippen molar-refractivity contribution in [2.75, 3.05) is 20.1 Å². The fraction of sp³-hybridized carbons (Fsp3) is 0.611. The zero-order valence-electron chi connectivity index (χ0n) is 15.1. The summed E-state index contributed by atoms with van der Waals surface area (Å²) < 4.78 is 5.35. The quantitative estimate of drug-likeness (QED) is 0.841. The second-order valence-corrected chi connectivity index (χ2v) is 7.19. The number of amides is 1. The lowest BCUT2D eigenvalue weighted by Crippen LogP contribution is -2.38. The molecule has 5 nitrogen and oxygen atoms in total. The predicted octanol–water partition coefficient (Wildman–Crippen LogP) is 3.55. The van der Waals surface area contributed by atoms with Crippen molar-refractivity contribution in [2.45, 2.75) is 46.3 Å². The van der Waals surface area contributed by atoms with Gasteiger partial charge in [0.2, 0.25) is 0 Å². The summed E-state index contributed by atoms with van der Waals surface area (Å²) in [5, 5.41) is 12.8. The first-order valence-corrected chi connectivity index (χ1v) is 8.05. The van der Waals surface area contributed by atoms with Gasteiger partial charge < -0.3 is 20.1 Å². The third-order valence-corrected chi connectivity index (χ3v) is 3.46. The van der Waals surface area contributed by atoms with Crippen LogP contribution in [0.3, 0.4) is 0 Å². The maximum atomic E-state index is 11.9. The van der Waals surface area contributed by atoms with E-state index < -0.39 is 5.60 Å². The molecule has 0 aliphatic rings. The number of hydrogen-bond donors (Lipinski definition) is 2. The van der Waals surface area contributed by atoms with Gasteiger partial charge in [0.25, 0.3) is 0 Å². The molecule has 0 spiro atoms. The van der Waals surface area contributed by atoms with Crippen molar-refractivity contribution in [3.8, 4) is 5.75 Å². The van der Waals surface area contributed by atoms with Crippen molar-refractivity contribution in [1.29, 1.82) is 0 Å². The lowest BCUT2D eigenvalue weighted by atomic mass is 10.1. The number of rotatable bonds is 6. The molecule has 5 heteroatoms. The monoisotopic (exact) mass is 322 g/mol.